The van der Waals surface area contributed by atoms with Gasteiger partial charge in [-0.25, -0.2) is 0 Å². The van der Waals surface area contributed by atoms with Gasteiger partial charge in [0, 0.05) is 5.41 Å². The van der Waals surface area contributed by atoms with Crippen molar-refractivity contribution in [1.29, 1.82) is 0 Å². The standard InChI is InChI=1S/C15H20O3/c1-14(2)5-8-4-9(7-16)11-12(17)13(18)15(11,3)10(8)6-14/h4,7-8,10-11,13,18H,5-6H2,1-3H3/t8-,10+,11-,13?,15-/m0/s1. The third-order valence-electron chi connectivity index (χ3n) is 5.52. The van der Waals surface area contributed by atoms with Gasteiger partial charge in [0.25, 0.3) is 0 Å². The lowest BCUT2D eigenvalue weighted by Crippen LogP contribution is -2.66. The summed E-state index contributed by atoms with van der Waals surface area (Å²) in [5.74, 6) is 0.136. The predicted molar refractivity (Wildman–Crippen MR) is 66.8 cm³/mol. The molecule has 1 N–H and O–H groups in total. The van der Waals surface area contributed by atoms with E-state index >= 15 is 0 Å². The number of carbonyl (C=O) groups excluding carboxylic acids is 2. The average molecular weight is 248 g/mol. The average Bonchev–Trinajstić information content (AvgIpc) is 2.62. The van der Waals surface area contributed by atoms with Crippen molar-refractivity contribution in [2.75, 3.05) is 0 Å². The number of rotatable bonds is 1. The molecule has 0 aromatic rings. The van der Waals surface area contributed by atoms with Gasteiger partial charge in [-0.3, -0.25) is 9.59 Å². The summed E-state index contributed by atoms with van der Waals surface area (Å²) in [4.78, 5) is 23.1. The van der Waals surface area contributed by atoms with Gasteiger partial charge in [-0.05, 0) is 35.7 Å². The molecule has 3 rings (SSSR count). The zero-order valence-corrected chi connectivity index (χ0v) is 11.1. The summed E-state index contributed by atoms with van der Waals surface area (Å²) in [6, 6.07) is 0. The van der Waals surface area contributed by atoms with Crippen LogP contribution in [-0.4, -0.2) is 23.3 Å². The fourth-order valence-electron chi connectivity index (χ4n) is 4.69. The van der Waals surface area contributed by atoms with E-state index in [0.29, 0.717) is 17.4 Å². The molecule has 18 heavy (non-hydrogen) atoms. The number of aliphatic hydroxyl groups is 1. The first kappa shape index (κ1) is 12.1. The molecule has 3 aliphatic rings. The van der Waals surface area contributed by atoms with E-state index in [9.17, 15) is 14.7 Å². The zero-order chi connectivity index (χ0) is 13.3. The molecule has 2 fully saturated rings. The molecule has 0 aromatic carbocycles. The maximum atomic E-state index is 11.9. The molecule has 0 bridgehead atoms. The van der Waals surface area contributed by atoms with Crippen LogP contribution in [0.4, 0.5) is 0 Å². The van der Waals surface area contributed by atoms with Gasteiger partial charge in [-0.1, -0.05) is 26.8 Å². The van der Waals surface area contributed by atoms with E-state index in [1.807, 2.05) is 13.0 Å². The first-order valence-corrected chi connectivity index (χ1v) is 6.70. The molecule has 0 aliphatic heterocycles. The van der Waals surface area contributed by atoms with Crippen LogP contribution < -0.4 is 0 Å². The normalized spacial score (nSPS) is 48.9. The van der Waals surface area contributed by atoms with Gasteiger partial charge in [0.15, 0.2) is 5.78 Å². The number of carbonyl (C=O) groups is 2. The van der Waals surface area contributed by atoms with E-state index in [1.54, 1.807) is 0 Å². The van der Waals surface area contributed by atoms with E-state index in [-0.39, 0.29) is 17.1 Å². The Labute approximate surface area is 107 Å². The Morgan fingerprint density at radius 3 is 2.61 bits per heavy atom. The lowest BCUT2D eigenvalue weighted by Gasteiger charge is -2.57. The van der Waals surface area contributed by atoms with Crippen molar-refractivity contribution in [3.05, 3.63) is 11.6 Å². The monoisotopic (exact) mass is 248 g/mol. The lowest BCUT2D eigenvalue weighted by molar-refractivity contribution is -0.177. The van der Waals surface area contributed by atoms with Crippen LogP contribution in [0.1, 0.15) is 33.6 Å². The summed E-state index contributed by atoms with van der Waals surface area (Å²) in [6.45, 7) is 6.44. The van der Waals surface area contributed by atoms with Crippen molar-refractivity contribution in [3.63, 3.8) is 0 Å². The van der Waals surface area contributed by atoms with Crippen LogP contribution in [0, 0.1) is 28.6 Å². The Morgan fingerprint density at radius 1 is 1.33 bits per heavy atom. The summed E-state index contributed by atoms with van der Waals surface area (Å²) in [6.07, 6.45) is 4.00. The SMILES string of the molecule is CC1(C)C[C@@H]2[C@@H](C=C(C=O)[C@H]3C(=O)C(O)[C@]32C)C1. The van der Waals surface area contributed by atoms with Gasteiger partial charge in [0.05, 0.1) is 5.92 Å². The molecule has 0 aromatic heterocycles. The van der Waals surface area contributed by atoms with Crippen molar-refractivity contribution in [2.45, 2.75) is 39.7 Å². The highest BCUT2D eigenvalue weighted by Gasteiger charge is 2.67. The minimum absolute atomic E-state index is 0.168. The quantitative estimate of drug-likeness (QED) is 0.719. The van der Waals surface area contributed by atoms with E-state index in [2.05, 4.69) is 13.8 Å². The van der Waals surface area contributed by atoms with E-state index in [1.165, 1.54) is 0 Å². The molecule has 1 unspecified atom stereocenters. The van der Waals surface area contributed by atoms with Crippen LogP contribution in [-0.2, 0) is 9.59 Å². The van der Waals surface area contributed by atoms with Gasteiger partial charge in [0.2, 0.25) is 0 Å². The van der Waals surface area contributed by atoms with Gasteiger partial charge in [0.1, 0.15) is 12.4 Å². The molecule has 3 heteroatoms. The fourth-order valence-corrected chi connectivity index (χ4v) is 4.69. The Bertz CT molecular complexity index is 462. The van der Waals surface area contributed by atoms with Crippen LogP contribution in [0.2, 0.25) is 0 Å². The molecule has 0 saturated heterocycles. The second kappa shape index (κ2) is 3.32. The number of aliphatic hydroxyl groups excluding tert-OH is 1. The second-order valence-corrected chi connectivity index (χ2v) is 7.23. The summed E-state index contributed by atoms with van der Waals surface area (Å²) in [7, 11) is 0. The van der Waals surface area contributed by atoms with E-state index in [0.717, 1.165) is 19.1 Å². The number of fused-ring (bicyclic) bond motifs is 3. The molecule has 98 valence electrons. The number of aldehydes is 1. The minimum Gasteiger partial charge on any atom is -0.385 e. The third-order valence-corrected chi connectivity index (χ3v) is 5.52. The second-order valence-electron chi connectivity index (χ2n) is 7.23. The minimum atomic E-state index is -0.882. The Balaban J connectivity index is 2.07. The molecule has 5 atom stereocenters. The van der Waals surface area contributed by atoms with Gasteiger partial charge < -0.3 is 5.11 Å². The van der Waals surface area contributed by atoms with Crippen LogP contribution in [0.3, 0.4) is 0 Å². The maximum absolute atomic E-state index is 11.9. The topological polar surface area (TPSA) is 54.4 Å². The zero-order valence-electron chi connectivity index (χ0n) is 11.1. The summed E-state index contributed by atoms with van der Waals surface area (Å²) >= 11 is 0. The van der Waals surface area contributed by atoms with Gasteiger partial charge in [-0.2, -0.15) is 0 Å². The Morgan fingerprint density at radius 2 is 2.00 bits per heavy atom. The molecule has 0 heterocycles. The fraction of sp³-hybridized carbons (Fsp3) is 0.733. The smallest absolute Gasteiger partial charge is 0.170 e. The number of Topliss-reactive ketones (excluding diaryl/α,β-unsaturated/α-hetero) is 1. The predicted octanol–water partition coefficient (Wildman–Crippen LogP) is 1.74. The molecule has 3 aliphatic carbocycles. The van der Waals surface area contributed by atoms with Crippen LogP contribution in [0.5, 0.6) is 0 Å². The Kier molecular flexibility index (Phi) is 2.23. The van der Waals surface area contributed by atoms with Crippen molar-refractivity contribution < 1.29 is 14.7 Å². The highest BCUT2D eigenvalue weighted by atomic mass is 16.3. The van der Waals surface area contributed by atoms with Crippen LogP contribution in [0.15, 0.2) is 11.6 Å². The highest BCUT2D eigenvalue weighted by molar-refractivity contribution is 6.01. The molecule has 0 amide bonds. The highest BCUT2D eigenvalue weighted by Crippen LogP contribution is 2.64. The molecule has 2 saturated carbocycles. The third kappa shape index (κ3) is 1.23. The van der Waals surface area contributed by atoms with Crippen molar-refractivity contribution in [3.8, 4) is 0 Å². The molecule has 3 nitrogen and oxygen atoms in total. The first-order valence-electron chi connectivity index (χ1n) is 6.70. The maximum Gasteiger partial charge on any atom is 0.170 e. The largest absolute Gasteiger partial charge is 0.385 e. The summed E-state index contributed by atoms with van der Waals surface area (Å²) in [5.41, 5.74) is 0.420. The summed E-state index contributed by atoms with van der Waals surface area (Å²) in [5, 5.41) is 10.1. The molecule has 0 spiro atoms. The van der Waals surface area contributed by atoms with Crippen molar-refractivity contribution >= 4 is 12.1 Å². The van der Waals surface area contributed by atoms with E-state index in [4.69, 9.17) is 0 Å². The number of hydrogen-bond donors (Lipinski definition) is 1. The number of ketones is 1. The van der Waals surface area contributed by atoms with E-state index < -0.39 is 11.5 Å². The van der Waals surface area contributed by atoms with Crippen molar-refractivity contribution in [1.82, 2.24) is 0 Å². The van der Waals surface area contributed by atoms with Crippen LogP contribution in [0.25, 0.3) is 0 Å². The molecule has 0 radical (unpaired) electrons. The first-order chi connectivity index (χ1) is 8.31. The molecular weight excluding hydrogens is 228 g/mol. The Hall–Kier alpha value is -0.960. The number of allylic oxidation sites excluding steroid dienone is 2. The lowest BCUT2D eigenvalue weighted by atomic mass is 9.46. The summed E-state index contributed by atoms with van der Waals surface area (Å²) < 4.78 is 0. The van der Waals surface area contributed by atoms with Crippen LogP contribution >= 0.6 is 0 Å². The number of hydrogen-bond acceptors (Lipinski definition) is 3. The molecular formula is C15H20O3. The van der Waals surface area contributed by atoms with Gasteiger partial charge in [-0.15, -0.1) is 0 Å². The van der Waals surface area contributed by atoms with Crippen molar-refractivity contribution in [2.24, 2.45) is 28.6 Å². The van der Waals surface area contributed by atoms with Gasteiger partial charge >= 0.3 is 0 Å².